The van der Waals surface area contributed by atoms with Gasteiger partial charge in [-0.1, -0.05) is 37.3 Å². The minimum Gasteiger partial charge on any atom is -0.289 e. The van der Waals surface area contributed by atoms with Crippen molar-refractivity contribution in [1.29, 1.82) is 0 Å². The normalized spacial score (nSPS) is 10.2. The van der Waals surface area contributed by atoms with Crippen molar-refractivity contribution < 1.29 is 9.72 Å². The molecular weight excluding hydrogens is 242 g/mol. The summed E-state index contributed by atoms with van der Waals surface area (Å²) in [4.78, 5) is 22.7. The average molecular weight is 255 g/mol. The zero-order valence-corrected chi connectivity index (χ0v) is 10.5. The Hall–Kier alpha value is -2.49. The van der Waals surface area contributed by atoms with Crippen molar-refractivity contribution in [3.8, 4) is 0 Å². The number of ketones is 1. The molecule has 19 heavy (non-hydrogen) atoms. The molecule has 0 radical (unpaired) electrons. The fraction of sp³-hybridized carbons (Fsp3) is 0.133. The highest BCUT2D eigenvalue weighted by Gasteiger charge is 2.16. The molecule has 0 aliphatic heterocycles. The summed E-state index contributed by atoms with van der Waals surface area (Å²) in [5.41, 5.74) is 1.70. The number of hydrogen-bond donors (Lipinski definition) is 0. The van der Waals surface area contributed by atoms with Crippen molar-refractivity contribution in [1.82, 2.24) is 0 Å². The number of carbonyl (C=O) groups excluding carboxylic acids is 1. The fourth-order valence-corrected chi connectivity index (χ4v) is 1.94. The summed E-state index contributed by atoms with van der Waals surface area (Å²) >= 11 is 0. The summed E-state index contributed by atoms with van der Waals surface area (Å²) < 4.78 is 0. The van der Waals surface area contributed by atoms with Gasteiger partial charge in [-0.2, -0.15) is 0 Å². The first kappa shape index (κ1) is 13.0. The molecule has 0 saturated carbocycles. The topological polar surface area (TPSA) is 60.2 Å². The van der Waals surface area contributed by atoms with Crippen LogP contribution in [0.1, 0.15) is 28.4 Å². The van der Waals surface area contributed by atoms with Crippen molar-refractivity contribution in [3.05, 3.63) is 75.3 Å². The van der Waals surface area contributed by atoms with E-state index in [1.54, 1.807) is 30.3 Å². The Kier molecular flexibility index (Phi) is 3.71. The van der Waals surface area contributed by atoms with Crippen LogP contribution in [-0.2, 0) is 6.42 Å². The molecule has 0 bridgehead atoms. The molecule has 0 atom stereocenters. The molecule has 0 unspecified atom stereocenters. The van der Waals surface area contributed by atoms with Crippen LogP contribution >= 0.6 is 0 Å². The second-order valence-electron chi connectivity index (χ2n) is 4.15. The molecular formula is C15H13NO3. The maximum atomic E-state index is 12.2. The summed E-state index contributed by atoms with van der Waals surface area (Å²) in [5.74, 6) is -0.120. The standard InChI is InChI=1S/C15H13NO3/c1-2-11-10-13(8-9-14(11)16(18)19)15(17)12-6-4-3-5-7-12/h3-10H,2H2,1H3. The molecule has 2 rings (SSSR count). The largest absolute Gasteiger partial charge is 0.289 e. The number of nitrogens with zero attached hydrogens (tertiary/aromatic N) is 1. The van der Waals surface area contributed by atoms with Gasteiger partial charge >= 0.3 is 0 Å². The van der Waals surface area contributed by atoms with E-state index in [4.69, 9.17) is 0 Å². The fourth-order valence-electron chi connectivity index (χ4n) is 1.94. The third kappa shape index (κ3) is 2.68. The van der Waals surface area contributed by atoms with Gasteiger partial charge in [0.1, 0.15) is 0 Å². The first-order valence-electron chi connectivity index (χ1n) is 6.00. The minimum absolute atomic E-state index is 0.0621. The predicted molar refractivity (Wildman–Crippen MR) is 72.3 cm³/mol. The van der Waals surface area contributed by atoms with E-state index in [-0.39, 0.29) is 11.5 Å². The molecule has 0 amide bonds. The van der Waals surface area contributed by atoms with Gasteiger partial charge in [-0.05, 0) is 18.6 Å². The molecule has 2 aromatic rings. The molecule has 2 aromatic carbocycles. The van der Waals surface area contributed by atoms with Crippen LogP contribution < -0.4 is 0 Å². The Labute approximate surface area is 110 Å². The number of nitro groups is 1. The van der Waals surface area contributed by atoms with Crippen molar-refractivity contribution >= 4 is 11.5 Å². The summed E-state index contributed by atoms with van der Waals surface area (Å²) in [6.45, 7) is 1.83. The van der Waals surface area contributed by atoms with Crippen molar-refractivity contribution in [3.63, 3.8) is 0 Å². The lowest BCUT2D eigenvalue weighted by atomic mass is 9.99. The van der Waals surface area contributed by atoms with Gasteiger partial charge in [0.15, 0.2) is 5.78 Å². The van der Waals surface area contributed by atoms with E-state index in [0.29, 0.717) is 23.1 Å². The van der Waals surface area contributed by atoms with Gasteiger partial charge in [-0.3, -0.25) is 14.9 Å². The first-order valence-corrected chi connectivity index (χ1v) is 6.00. The molecule has 0 saturated heterocycles. The molecule has 0 aliphatic rings. The van der Waals surface area contributed by atoms with Crippen molar-refractivity contribution in [2.75, 3.05) is 0 Å². The quantitative estimate of drug-likeness (QED) is 0.478. The Morgan fingerprint density at radius 1 is 1.11 bits per heavy atom. The average Bonchev–Trinajstić information content (AvgIpc) is 2.46. The molecule has 0 fully saturated rings. The van der Waals surface area contributed by atoms with Gasteiger partial charge in [0.2, 0.25) is 0 Å². The Balaban J connectivity index is 2.42. The molecule has 0 spiro atoms. The van der Waals surface area contributed by atoms with E-state index in [1.165, 1.54) is 12.1 Å². The molecule has 0 aromatic heterocycles. The number of carbonyl (C=O) groups is 1. The number of hydrogen-bond acceptors (Lipinski definition) is 3. The van der Waals surface area contributed by atoms with E-state index in [1.807, 2.05) is 13.0 Å². The Morgan fingerprint density at radius 3 is 2.37 bits per heavy atom. The van der Waals surface area contributed by atoms with Crippen LogP contribution in [0.25, 0.3) is 0 Å². The molecule has 96 valence electrons. The summed E-state index contributed by atoms with van der Waals surface area (Å²) in [6.07, 6.45) is 0.520. The SMILES string of the molecule is CCc1cc(C(=O)c2ccccc2)ccc1[N+](=O)[O-]. The molecule has 0 N–H and O–H groups in total. The first-order chi connectivity index (χ1) is 9.13. The van der Waals surface area contributed by atoms with E-state index in [0.717, 1.165) is 0 Å². The number of nitro benzene ring substituents is 1. The van der Waals surface area contributed by atoms with Gasteiger partial charge in [0.05, 0.1) is 4.92 Å². The van der Waals surface area contributed by atoms with Crippen LogP contribution in [0.5, 0.6) is 0 Å². The zero-order valence-electron chi connectivity index (χ0n) is 10.5. The monoisotopic (exact) mass is 255 g/mol. The van der Waals surface area contributed by atoms with Crippen LogP contribution in [0.3, 0.4) is 0 Å². The smallest absolute Gasteiger partial charge is 0.272 e. The van der Waals surface area contributed by atoms with Crippen molar-refractivity contribution in [2.24, 2.45) is 0 Å². The number of aryl methyl sites for hydroxylation is 1. The van der Waals surface area contributed by atoms with Crippen LogP contribution in [0.4, 0.5) is 5.69 Å². The second kappa shape index (κ2) is 5.44. The van der Waals surface area contributed by atoms with E-state index in [9.17, 15) is 14.9 Å². The van der Waals surface area contributed by atoms with Crippen LogP contribution in [0.15, 0.2) is 48.5 Å². The van der Waals surface area contributed by atoms with Gasteiger partial charge in [-0.15, -0.1) is 0 Å². The van der Waals surface area contributed by atoms with E-state index >= 15 is 0 Å². The zero-order chi connectivity index (χ0) is 13.8. The number of benzene rings is 2. The third-order valence-corrected chi connectivity index (χ3v) is 2.96. The lowest BCUT2D eigenvalue weighted by Crippen LogP contribution is -2.03. The molecule has 4 heteroatoms. The predicted octanol–water partition coefficient (Wildman–Crippen LogP) is 3.39. The van der Waals surface area contributed by atoms with Crippen molar-refractivity contribution in [2.45, 2.75) is 13.3 Å². The Morgan fingerprint density at radius 2 is 1.79 bits per heavy atom. The van der Waals surface area contributed by atoms with Gasteiger partial charge in [-0.25, -0.2) is 0 Å². The van der Waals surface area contributed by atoms with Crippen LogP contribution in [-0.4, -0.2) is 10.7 Å². The maximum Gasteiger partial charge on any atom is 0.272 e. The molecule has 0 heterocycles. The lowest BCUT2D eigenvalue weighted by Gasteiger charge is -2.04. The van der Waals surface area contributed by atoms with Gasteiger partial charge < -0.3 is 0 Å². The second-order valence-corrected chi connectivity index (χ2v) is 4.15. The van der Waals surface area contributed by atoms with E-state index in [2.05, 4.69) is 0 Å². The lowest BCUT2D eigenvalue weighted by molar-refractivity contribution is -0.385. The maximum absolute atomic E-state index is 12.2. The summed E-state index contributed by atoms with van der Waals surface area (Å²) in [6, 6.07) is 13.4. The van der Waals surface area contributed by atoms with Crippen LogP contribution in [0, 0.1) is 10.1 Å². The summed E-state index contributed by atoms with van der Waals surface area (Å²) in [7, 11) is 0. The highest BCUT2D eigenvalue weighted by Crippen LogP contribution is 2.22. The molecule has 0 aliphatic carbocycles. The third-order valence-electron chi connectivity index (χ3n) is 2.96. The van der Waals surface area contributed by atoms with Gasteiger partial charge in [0.25, 0.3) is 5.69 Å². The molecule has 4 nitrogen and oxygen atoms in total. The highest BCUT2D eigenvalue weighted by molar-refractivity contribution is 6.09. The number of rotatable bonds is 4. The summed E-state index contributed by atoms with van der Waals surface area (Å²) in [5, 5.41) is 10.9. The van der Waals surface area contributed by atoms with Gasteiger partial charge in [0, 0.05) is 22.8 Å². The highest BCUT2D eigenvalue weighted by atomic mass is 16.6. The van der Waals surface area contributed by atoms with E-state index < -0.39 is 4.92 Å². The Bertz CT molecular complexity index is 621. The minimum atomic E-state index is -0.421. The van der Waals surface area contributed by atoms with Crippen LogP contribution in [0.2, 0.25) is 0 Å².